The monoisotopic (exact) mass is 303 g/mol. The SMILES string of the molecule is O=c1[nH]c(COc2ccc([N+](=O)[O-])cc2)nc2ccsc12. The van der Waals surface area contributed by atoms with Gasteiger partial charge in [0.25, 0.3) is 11.2 Å². The van der Waals surface area contributed by atoms with Crippen molar-refractivity contribution < 1.29 is 9.66 Å². The second-order valence-corrected chi connectivity index (χ2v) is 5.10. The largest absolute Gasteiger partial charge is 0.486 e. The van der Waals surface area contributed by atoms with Crippen LogP contribution in [-0.2, 0) is 6.61 Å². The molecule has 21 heavy (non-hydrogen) atoms. The zero-order valence-corrected chi connectivity index (χ0v) is 11.4. The molecule has 2 heterocycles. The molecule has 1 aromatic carbocycles. The van der Waals surface area contributed by atoms with Crippen molar-refractivity contribution in [3.63, 3.8) is 0 Å². The van der Waals surface area contributed by atoms with Crippen molar-refractivity contribution >= 4 is 27.2 Å². The van der Waals surface area contributed by atoms with E-state index in [0.717, 1.165) is 0 Å². The number of rotatable bonds is 4. The molecule has 106 valence electrons. The summed E-state index contributed by atoms with van der Waals surface area (Å²) in [7, 11) is 0. The molecule has 3 rings (SSSR count). The molecule has 0 spiro atoms. The molecule has 1 N–H and O–H groups in total. The third-order valence-electron chi connectivity index (χ3n) is 2.79. The molecule has 0 bridgehead atoms. The molecule has 2 aromatic heterocycles. The molecule has 3 aromatic rings. The van der Waals surface area contributed by atoms with Crippen molar-refractivity contribution in [3.8, 4) is 5.75 Å². The minimum absolute atomic E-state index is 0.00595. The van der Waals surface area contributed by atoms with Gasteiger partial charge in [0, 0.05) is 12.1 Å². The van der Waals surface area contributed by atoms with E-state index >= 15 is 0 Å². The lowest BCUT2D eigenvalue weighted by Gasteiger charge is -2.05. The van der Waals surface area contributed by atoms with Crippen molar-refractivity contribution in [1.29, 1.82) is 0 Å². The third kappa shape index (κ3) is 2.75. The van der Waals surface area contributed by atoms with Gasteiger partial charge in [0.15, 0.2) is 0 Å². The number of thiophene rings is 1. The number of aromatic nitrogens is 2. The van der Waals surface area contributed by atoms with E-state index in [0.29, 0.717) is 21.8 Å². The number of non-ortho nitro benzene ring substituents is 1. The number of fused-ring (bicyclic) bond motifs is 1. The summed E-state index contributed by atoms with van der Waals surface area (Å²) in [6.45, 7) is 0.0822. The number of hydrogen-bond donors (Lipinski definition) is 1. The highest BCUT2D eigenvalue weighted by Gasteiger charge is 2.07. The molecule has 0 aliphatic heterocycles. The first-order valence-electron chi connectivity index (χ1n) is 5.97. The Hall–Kier alpha value is -2.74. The number of ether oxygens (including phenoxy) is 1. The molecular formula is C13H9N3O4S. The van der Waals surface area contributed by atoms with Gasteiger partial charge in [-0.1, -0.05) is 0 Å². The maximum atomic E-state index is 11.8. The number of H-pyrrole nitrogens is 1. The molecule has 0 saturated heterocycles. The summed E-state index contributed by atoms with van der Waals surface area (Å²) >= 11 is 1.33. The number of nitrogens with zero attached hydrogens (tertiary/aromatic N) is 2. The average Bonchev–Trinajstić information content (AvgIpc) is 2.94. The van der Waals surface area contributed by atoms with Crippen LogP contribution in [0.3, 0.4) is 0 Å². The standard InChI is InChI=1S/C13H9N3O4S/c17-13-12-10(5-6-21-12)14-11(15-13)7-20-9-3-1-8(2-4-9)16(18)19/h1-6H,7H2,(H,14,15,17). The fourth-order valence-electron chi connectivity index (χ4n) is 1.81. The molecular weight excluding hydrogens is 294 g/mol. The van der Waals surface area contributed by atoms with E-state index in [1.807, 2.05) is 0 Å². The normalized spacial score (nSPS) is 10.7. The first-order chi connectivity index (χ1) is 10.1. The minimum atomic E-state index is -0.479. The van der Waals surface area contributed by atoms with Crippen LogP contribution in [0.4, 0.5) is 5.69 Å². The van der Waals surface area contributed by atoms with Gasteiger partial charge in [0.05, 0.1) is 10.4 Å². The van der Waals surface area contributed by atoms with Gasteiger partial charge >= 0.3 is 0 Å². The van der Waals surface area contributed by atoms with Gasteiger partial charge in [-0.05, 0) is 23.6 Å². The Labute approximate surface area is 122 Å². The average molecular weight is 303 g/mol. The molecule has 0 atom stereocenters. The van der Waals surface area contributed by atoms with Crippen LogP contribution in [0.5, 0.6) is 5.75 Å². The van der Waals surface area contributed by atoms with Crippen molar-refractivity contribution in [2.24, 2.45) is 0 Å². The van der Waals surface area contributed by atoms with E-state index in [1.54, 1.807) is 11.4 Å². The minimum Gasteiger partial charge on any atom is -0.486 e. The van der Waals surface area contributed by atoms with E-state index in [-0.39, 0.29) is 17.9 Å². The predicted octanol–water partition coefficient (Wildman–Crippen LogP) is 2.47. The maximum absolute atomic E-state index is 11.8. The topological polar surface area (TPSA) is 98.1 Å². The zero-order valence-electron chi connectivity index (χ0n) is 10.6. The number of aromatic amines is 1. The summed E-state index contributed by atoms with van der Waals surface area (Å²) in [5.41, 5.74) is 0.428. The Bertz CT molecular complexity index is 854. The lowest BCUT2D eigenvalue weighted by atomic mass is 10.3. The number of nitrogens with one attached hydrogen (secondary N) is 1. The summed E-state index contributed by atoms with van der Waals surface area (Å²) in [4.78, 5) is 28.8. The van der Waals surface area contributed by atoms with E-state index in [4.69, 9.17) is 4.74 Å². The number of hydrogen-bond acceptors (Lipinski definition) is 6. The van der Waals surface area contributed by atoms with Gasteiger partial charge in [-0.2, -0.15) is 0 Å². The van der Waals surface area contributed by atoms with Crippen LogP contribution < -0.4 is 10.3 Å². The molecule has 0 amide bonds. The Morgan fingerprint density at radius 3 is 2.76 bits per heavy atom. The fraction of sp³-hybridized carbons (Fsp3) is 0.0769. The Balaban J connectivity index is 1.76. The van der Waals surface area contributed by atoms with E-state index in [1.165, 1.54) is 35.6 Å². The van der Waals surface area contributed by atoms with Crippen molar-refractivity contribution in [1.82, 2.24) is 9.97 Å². The number of benzene rings is 1. The van der Waals surface area contributed by atoms with Crippen LogP contribution in [-0.4, -0.2) is 14.9 Å². The predicted molar refractivity (Wildman–Crippen MR) is 77.7 cm³/mol. The van der Waals surface area contributed by atoms with Crippen LogP contribution in [0.25, 0.3) is 10.2 Å². The highest BCUT2D eigenvalue weighted by molar-refractivity contribution is 7.17. The van der Waals surface area contributed by atoms with E-state index in [9.17, 15) is 14.9 Å². The quantitative estimate of drug-likeness (QED) is 0.589. The Morgan fingerprint density at radius 2 is 2.05 bits per heavy atom. The summed E-state index contributed by atoms with van der Waals surface area (Å²) in [5, 5.41) is 12.3. The van der Waals surface area contributed by atoms with Gasteiger partial charge in [-0.25, -0.2) is 4.98 Å². The number of nitro benzene ring substituents is 1. The third-order valence-corrected chi connectivity index (χ3v) is 3.69. The molecule has 0 radical (unpaired) electrons. The van der Waals surface area contributed by atoms with Gasteiger partial charge in [-0.3, -0.25) is 14.9 Å². The first kappa shape index (κ1) is 13.3. The summed E-state index contributed by atoms with van der Waals surface area (Å²) in [5.74, 6) is 0.873. The summed E-state index contributed by atoms with van der Waals surface area (Å²) in [6.07, 6.45) is 0. The van der Waals surface area contributed by atoms with Gasteiger partial charge in [0.1, 0.15) is 22.9 Å². The molecule has 0 aliphatic rings. The van der Waals surface area contributed by atoms with Gasteiger partial charge in [0.2, 0.25) is 0 Å². The van der Waals surface area contributed by atoms with E-state index < -0.39 is 4.92 Å². The van der Waals surface area contributed by atoms with Gasteiger partial charge in [-0.15, -0.1) is 11.3 Å². The highest BCUT2D eigenvalue weighted by Crippen LogP contribution is 2.18. The van der Waals surface area contributed by atoms with Crippen LogP contribution in [0.15, 0.2) is 40.5 Å². The smallest absolute Gasteiger partial charge is 0.269 e. The Morgan fingerprint density at radius 1 is 1.29 bits per heavy atom. The molecule has 7 nitrogen and oxygen atoms in total. The van der Waals surface area contributed by atoms with Crippen LogP contribution in [0.2, 0.25) is 0 Å². The molecule has 0 saturated carbocycles. The van der Waals surface area contributed by atoms with Crippen molar-refractivity contribution in [3.05, 3.63) is 62.0 Å². The fourth-order valence-corrected chi connectivity index (χ4v) is 2.53. The second-order valence-electron chi connectivity index (χ2n) is 4.19. The lowest BCUT2D eigenvalue weighted by Crippen LogP contribution is -2.12. The van der Waals surface area contributed by atoms with Crippen molar-refractivity contribution in [2.45, 2.75) is 6.61 Å². The highest BCUT2D eigenvalue weighted by atomic mass is 32.1. The van der Waals surface area contributed by atoms with Crippen molar-refractivity contribution in [2.75, 3.05) is 0 Å². The lowest BCUT2D eigenvalue weighted by molar-refractivity contribution is -0.384. The molecule has 0 fully saturated rings. The summed E-state index contributed by atoms with van der Waals surface area (Å²) in [6, 6.07) is 7.48. The molecule has 8 heteroatoms. The molecule has 0 unspecified atom stereocenters. The first-order valence-corrected chi connectivity index (χ1v) is 6.85. The Kier molecular flexibility index (Phi) is 3.36. The van der Waals surface area contributed by atoms with E-state index in [2.05, 4.69) is 9.97 Å². The van der Waals surface area contributed by atoms with Crippen LogP contribution in [0.1, 0.15) is 5.82 Å². The molecule has 0 aliphatic carbocycles. The van der Waals surface area contributed by atoms with Crippen LogP contribution >= 0.6 is 11.3 Å². The maximum Gasteiger partial charge on any atom is 0.269 e. The summed E-state index contributed by atoms with van der Waals surface area (Å²) < 4.78 is 6.03. The van der Waals surface area contributed by atoms with Crippen LogP contribution in [0, 0.1) is 10.1 Å². The van der Waals surface area contributed by atoms with Gasteiger partial charge < -0.3 is 9.72 Å². The second kappa shape index (κ2) is 5.33. The zero-order chi connectivity index (χ0) is 14.8. The number of nitro groups is 1.